The average Bonchev–Trinajstić information content (AvgIpc) is 2.68. The van der Waals surface area contributed by atoms with E-state index in [-0.39, 0.29) is 11.7 Å². The van der Waals surface area contributed by atoms with Gasteiger partial charge in [0, 0.05) is 20.5 Å². The molecule has 0 saturated heterocycles. The van der Waals surface area contributed by atoms with Crippen molar-refractivity contribution in [2.75, 3.05) is 10.6 Å². The minimum absolute atomic E-state index is 0.166. The van der Waals surface area contributed by atoms with Gasteiger partial charge in [-0.25, -0.2) is 4.39 Å². The van der Waals surface area contributed by atoms with Gasteiger partial charge in [0.1, 0.15) is 11.9 Å². The number of amides is 1. The highest BCUT2D eigenvalue weighted by atomic mass is 127. The van der Waals surface area contributed by atoms with E-state index in [0.717, 1.165) is 14.8 Å². The standard InChI is InChI=1S/C14H10FIN2O/c15-8-5-6-9-12(7-8)18-14(19)13(9)17-11-4-2-1-3-10(11)16/h1-7,13,17H,(H,18,19). The third kappa shape index (κ3) is 2.30. The van der Waals surface area contributed by atoms with Gasteiger partial charge in [-0.2, -0.15) is 0 Å². The number of para-hydroxylation sites is 1. The lowest BCUT2D eigenvalue weighted by molar-refractivity contribution is -0.116. The zero-order valence-electron chi connectivity index (χ0n) is 9.78. The number of nitrogens with one attached hydrogen (secondary N) is 2. The maximum atomic E-state index is 13.1. The zero-order valence-corrected chi connectivity index (χ0v) is 11.9. The van der Waals surface area contributed by atoms with Gasteiger partial charge in [0.15, 0.2) is 0 Å². The summed E-state index contributed by atoms with van der Waals surface area (Å²) in [4.78, 5) is 12.0. The van der Waals surface area contributed by atoms with Crippen LogP contribution in [0.5, 0.6) is 0 Å². The maximum Gasteiger partial charge on any atom is 0.251 e. The molecule has 19 heavy (non-hydrogen) atoms. The second-order valence-corrected chi connectivity index (χ2v) is 5.44. The monoisotopic (exact) mass is 368 g/mol. The highest BCUT2D eigenvalue weighted by molar-refractivity contribution is 14.1. The quantitative estimate of drug-likeness (QED) is 0.797. The first kappa shape index (κ1) is 12.4. The van der Waals surface area contributed by atoms with E-state index in [1.165, 1.54) is 12.1 Å². The summed E-state index contributed by atoms with van der Waals surface area (Å²) in [5, 5.41) is 5.88. The van der Waals surface area contributed by atoms with E-state index in [1.54, 1.807) is 6.07 Å². The van der Waals surface area contributed by atoms with Crippen LogP contribution in [0, 0.1) is 9.39 Å². The highest BCUT2D eigenvalue weighted by Gasteiger charge is 2.30. The molecule has 1 aliphatic heterocycles. The van der Waals surface area contributed by atoms with Gasteiger partial charge in [-0.15, -0.1) is 0 Å². The lowest BCUT2D eigenvalue weighted by Gasteiger charge is -2.14. The third-order valence-electron chi connectivity index (χ3n) is 3.02. The van der Waals surface area contributed by atoms with Crippen LogP contribution >= 0.6 is 22.6 Å². The van der Waals surface area contributed by atoms with Crippen LogP contribution in [0.2, 0.25) is 0 Å². The van der Waals surface area contributed by atoms with Crippen molar-refractivity contribution in [1.82, 2.24) is 0 Å². The van der Waals surface area contributed by atoms with Crippen LogP contribution in [0.3, 0.4) is 0 Å². The van der Waals surface area contributed by atoms with Crippen LogP contribution in [0.15, 0.2) is 42.5 Å². The molecule has 2 aromatic rings. The average molecular weight is 368 g/mol. The van der Waals surface area contributed by atoms with Crippen LogP contribution in [-0.2, 0) is 4.79 Å². The predicted molar refractivity (Wildman–Crippen MR) is 80.6 cm³/mol. The van der Waals surface area contributed by atoms with Crippen LogP contribution in [0.25, 0.3) is 0 Å². The normalized spacial score (nSPS) is 16.9. The van der Waals surface area contributed by atoms with Gasteiger partial charge < -0.3 is 10.6 Å². The van der Waals surface area contributed by atoms with Crippen molar-refractivity contribution in [2.24, 2.45) is 0 Å². The van der Waals surface area contributed by atoms with E-state index in [2.05, 4.69) is 33.2 Å². The second kappa shape index (κ2) is 4.80. The number of rotatable bonds is 2. The number of carbonyl (C=O) groups is 1. The number of fused-ring (bicyclic) bond motifs is 1. The summed E-state index contributed by atoms with van der Waals surface area (Å²) in [7, 11) is 0. The molecule has 2 aromatic carbocycles. The van der Waals surface area contributed by atoms with Crippen molar-refractivity contribution in [2.45, 2.75) is 6.04 Å². The minimum Gasteiger partial charge on any atom is -0.369 e. The van der Waals surface area contributed by atoms with Gasteiger partial charge in [0.05, 0.1) is 0 Å². The Labute approximate surface area is 123 Å². The van der Waals surface area contributed by atoms with Crippen LogP contribution in [0.4, 0.5) is 15.8 Å². The molecule has 3 nitrogen and oxygen atoms in total. The number of halogens is 2. The summed E-state index contributed by atoms with van der Waals surface area (Å²) in [5.41, 5.74) is 2.19. The van der Waals surface area contributed by atoms with E-state index in [4.69, 9.17) is 0 Å². The number of anilines is 2. The first-order valence-electron chi connectivity index (χ1n) is 5.76. The molecule has 3 rings (SSSR count). The summed E-state index contributed by atoms with van der Waals surface area (Å²) in [6.07, 6.45) is 0. The molecule has 1 aliphatic rings. The summed E-state index contributed by atoms with van der Waals surface area (Å²) >= 11 is 2.20. The molecule has 0 fully saturated rings. The Kier molecular flexibility index (Phi) is 3.14. The predicted octanol–water partition coefficient (Wildman–Crippen LogP) is 3.54. The number of benzene rings is 2. The van der Waals surface area contributed by atoms with E-state index in [9.17, 15) is 9.18 Å². The number of hydrogen-bond acceptors (Lipinski definition) is 2. The Morgan fingerprint density at radius 1 is 1.21 bits per heavy atom. The van der Waals surface area contributed by atoms with Gasteiger partial charge >= 0.3 is 0 Å². The maximum absolute atomic E-state index is 13.1. The summed E-state index contributed by atoms with van der Waals surface area (Å²) in [6.45, 7) is 0. The molecule has 1 unspecified atom stereocenters. The van der Waals surface area contributed by atoms with Crippen molar-refractivity contribution < 1.29 is 9.18 Å². The van der Waals surface area contributed by atoms with Gasteiger partial charge in [0.25, 0.3) is 5.91 Å². The van der Waals surface area contributed by atoms with Gasteiger partial charge in [-0.1, -0.05) is 18.2 Å². The van der Waals surface area contributed by atoms with Gasteiger partial charge in [-0.3, -0.25) is 4.79 Å². The number of carbonyl (C=O) groups excluding carboxylic acids is 1. The molecule has 0 saturated carbocycles. The van der Waals surface area contributed by atoms with Crippen molar-refractivity contribution in [3.63, 3.8) is 0 Å². The SMILES string of the molecule is O=C1Nc2cc(F)ccc2C1Nc1ccccc1I. The molecule has 0 bridgehead atoms. The fraction of sp³-hybridized carbons (Fsp3) is 0.0714. The molecular formula is C14H10FIN2O. The number of hydrogen-bond donors (Lipinski definition) is 2. The van der Waals surface area contributed by atoms with Gasteiger partial charge in [-0.05, 0) is 46.9 Å². The van der Waals surface area contributed by atoms with Crippen molar-refractivity contribution in [3.05, 3.63) is 57.4 Å². The lowest BCUT2D eigenvalue weighted by Crippen LogP contribution is -2.20. The highest BCUT2D eigenvalue weighted by Crippen LogP contribution is 2.34. The molecule has 1 amide bonds. The van der Waals surface area contributed by atoms with Crippen molar-refractivity contribution in [1.29, 1.82) is 0 Å². The topological polar surface area (TPSA) is 41.1 Å². The Balaban J connectivity index is 1.95. The first-order chi connectivity index (χ1) is 9.15. The minimum atomic E-state index is -0.480. The molecular weight excluding hydrogens is 358 g/mol. The van der Waals surface area contributed by atoms with Crippen LogP contribution in [-0.4, -0.2) is 5.91 Å². The van der Waals surface area contributed by atoms with Crippen molar-refractivity contribution >= 4 is 39.9 Å². The Morgan fingerprint density at radius 3 is 2.79 bits per heavy atom. The first-order valence-corrected chi connectivity index (χ1v) is 6.84. The Morgan fingerprint density at radius 2 is 2.00 bits per heavy atom. The van der Waals surface area contributed by atoms with Gasteiger partial charge in [0.2, 0.25) is 0 Å². The van der Waals surface area contributed by atoms with E-state index in [1.807, 2.05) is 24.3 Å². The summed E-state index contributed by atoms with van der Waals surface area (Å²) in [6, 6.07) is 11.6. The molecule has 1 atom stereocenters. The molecule has 0 aromatic heterocycles. The Hall–Kier alpha value is -1.63. The van der Waals surface area contributed by atoms with E-state index < -0.39 is 6.04 Å². The van der Waals surface area contributed by atoms with Crippen LogP contribution < -0.4 is 10.6 Å². The molecule has 2 N–H and O–H groups in total. The fourth-order valence-electron chi connectivity index (χ4n) is 2.11. The molecule has 0 radical (unpaired) electrons. The van der Waals surface area contributed by atoms with Crippen molar-refractivity contribution in [3.8, 4) is 0 Å². The van der Waals surface area contributed by atoms with E-state index in [0.29, 0.717) is 5.69 Å². The fourth-order valence-corrected chi connectivity index (χ4v) is 2.65. The summed E-state index contributed by atoms with van der Waals surface area (Å²) < 4.78 is 14.2. The lowest BCUT2D eigenvalue weighted by atomic mass is 10.1. The Bertz CT molecular complexity index is 660. The molecule has 1 heterocycles. The smallest absolute Gasteiger partial charge is 0.251 e. The zero-order chi connectivity index (χ0) is 13.4. The molecule has 0 spiro atoms. The van der Waals surface area contributed by atoms with E-state index >= 15 is 0 Å². The largest absolute Gasteiger partial charge is 0.369 e. The molecule has 0 aliphatic carbocycles. The third-order valence-corrected chi connectivity index (χ3v) is 3.96. The molecule has 96 valence electrons. The summed E-state index contributed by atoms with van der Waals surface area (Å²) in [5.74, 6) is -0.519. The molecule has 5 heteroatoms. The second-order valence-electron chi connectivity index (χ2n) is 4.28. The van der Waals surface area contributed by atoms with Crippen LogP contribution in [0.1, 0.15) is 11.6 Å².